The molecule has 0 N–H and O–H groups in total. The van der Waals surface area contributed by atoms with Crippen molar-refractivity contribution in [1.82, 2.24) is 0 Å². The summed E-state index contributed by atoms with van der Waals surface area (Å²) in [5.41, 5.74) is 2.70. The molecule has 4 rings (SSSR count). The van der Waals surface area contributed by atoms with Crippen LogP contribution < -0.4 is 4.74 Å². The van der Waals surface area contributed by atoms with E-state index in [1.54, 1.807) is 12.1 Å². The third-order valence-corrected chi connectivity index (χ3v) is 5.96. The lowest BCUT2D eigenvalue weighted by atomic mass is 9.97. The van der Waals surface area contributed by atoms with Crippen molar-refractivity contribution in [2.24, 2.45) is 0 Å². The summed E-state index contributed by atoms with van der Waals surface area (Å²) in [7, 11) is 0. The SMILES string of the molecule is CCCCCOc1ccc(-c2ccc3c(F)c(CCc4cc(F)c(F)c(F)c4)ccc3c2)cc1. The zero-order valence-electron chi connectivity index (χ0n) is 19.0. The summed E-state index contributed by atoms with van der Waals surface area (Å²) in [5, 5.41) is 1.24. The number of ether oxygens (including phenoxy) is 1. The molecule has 0 saturated carbocycles. The fourth-order valence-electron chi connectivity index (χ4n) is 4.03. The molecule has 1 nitrogen and oxygen atoms in total. The molecule has 4 aromatic rings. The van der Waals surface area contributed by atoms with E-state index in [1.165, 1.54) is 0 Å². The van der Waals surface area contributed by atoms with Gasteiger partial charge in [-0.2, -0.15) is 0 Å². The van der Waals surface area contributed by atoms with Gasteiger partial charge >= 0.3 is 0 Å². The van der Waals surface area contributed by atoms with Crippen molar-refractivity contribution in [3.63, 3.8) is 0 Å². The van der Waals surface area contributed by atoms with Gasteiger partial charge in [0, 0.05) is 5.39 Å². The number of rotatable bonds is 9. The smallest absolute Gasteiger partial charge is 0.194 e. The highest BCUT2D eigenvalue weighted by Gasteiger charge is 2.13. The molecule has 0 unspecified atom stereocenters. The molecule has 0 aromatic heterocycles. The highest BCUT2D eigenvalue weighted by atomic mass is 19.2. The Morgan fingerprint density at radius 3 is 2.09 bits per heavy atom. The van der Waals surface area contributed by atoms with Crippen LogP contribution in [0.15, 0.2) is 66.7 Å². The highest BCUT2D eigenvalue weighted by molar-refractivity contribution is 5.88. The molecule has 5 heteroatoms. The maximum atomic E-state index is 15.1. The molecule has 0 radical (unpaired) electrons. The average Bonchev–Trinajstić information content (AvgIpc) is 2.85. The second kappa shape index (κ2) is 10.7. The lowest BCUT2D eigenvalue weighted by Gasteiger charge is -2.10. The van der Waals surface area contributed by atoms with E-state index in [1.807, 2.05) is 42.5 Å². The summed E-state index contributed by atoms with van der Waals surface area (Å²) in [6.45, 7) is 2.86. The first-order valence-corrected chi connectivity index (χ1v) is 11.5. The second-order valence-electron chi connectivity index (χ2n) is 8.43. The van der Waals surface area contributed by atoms with Crippen LogP contribution >= 0.6 is 0 Å². The average molecular weight is 467 g/mol. The van der Waals surface area contributed by atoms with Crippen molar-refractivity contribution >= 4 is 10.8 Å². The topological polar surface area (TPSA) is 9.23 Å². The highest BCUT2D eigenvalue weighted by Crippen LogP contribution is 2.29. The minimum Gasteiger partial charge on any atom is -0.494 e. The van der Waals surface area contributed by atoms with Gasteiger partial charge < -0.3 is 4.74 Å². The Hall–Kier alpha value is -3.34. The molecule has 0 fully saturated rings. The number of aryl methyl sites for hydroxylation is 2. The number of fused-ring (bicyclic) bond motifs is 1. The summed E-state index contributed by atoms with van der Waals surface area (Å²) >= 11 is 0. The van der Waals surface area contributed by atoms with Crippen LogP contribution in [-0.2, 0) is 12.8 Å². The summed E-state index contributed by atoms with van der Waals surface area (Å²) < 4.78 is 60.9. The zero-order chi connectivity index (χ0) is 24.1. The Bertz CT molecular complexity index is 1260. The second-order valence-corrected chi connectivity index (χ2v) is 8.43. The number of hydrogen-bond acceptors (Lipinski definition) is 1. The zero-order valence-corrected chi connectivity index (χ0v) is 19.0. The van der Waals surface area contributed by atoms with Crippen molar-refractivity contribution in [1.29, 1.82) is 0 Å². The molecule has 0 amide bonds. The van der Waals surface area contributed by atoms with Gasteiger partial charge in [-0.1, -0.05) is 56.2 Å². The third kappa shape index (κ3) is 5.41. The lowest BCUT2D eigenvalue weighted by Crippen LogP contribution is -1.99. The fourth-order valence-corrected chi connectivity index (χ4v) is 4.03. The maximum absolute atomic E-state index is 15.1. The van der Waals surface area contributed by atoms with Crippen LogP contribution in [0.25, 0.3) is 21.9 Å². The van der Waals surface area contributed by atoms with Crippen LogP contribution in [0.5, 0.6) is 5.75 Å². The van der Waals surface area contributed by atoms with Gasteiger partial charge in [0.1, 0.15) is 11.6 Å². The lowest BCUT2D eigenvalue weighted by molar-refractivity contribution is 0.306. The summed E-state index contributed by atoms with van der Waals surface area (Å²) in [6, 6.07) is 18.8. The van der Waals surface area contributed by atoms with Crippen LogP contribution in [0.1, 0.15) is 37.3 Å². The van der Waals surface area contributed by atoms with Crippen LogP contribution in [0.3, 0.4) is 0 Å². The van der Waals surface area contributed by atoms with E-state index in [9.17, 15) is 13.2 Å². The fraction of sp³-hybridized carbons (Fsp3) is 0.241. The minimum atomic E-state index is -1.49. The Morgan fingerprint density at radius 1 is 0.676 bits per heavy atom. The van der Waals surface area contributed by atoms with Gasteiger partial charge in [0.2, 0.25) is 0 Å². The van der Waals surface area contributed by atoms with Gasteiger partial charge in [-0.25, -0.2) is 17.6 Å². The van der Waals surface area contributed by atoms with Crippen LogP contribution in [-0.4, -0.2) is 6.61 Å². The molecular weight excluding hydrogens is 440 g/mol. The number of benzene rings is 4. The van der Waals surface area contributed by atoms with E-state index < -0.39 is 17.5 Å². The first-order chi connectivity index (χ1) is 16.5. The summed E-state index contributed by atoms with van der Waals surface area (Å²) in [4.78, 5) is 0. The van der Waals surface area contributed by atoms with E-state index in [-0.39, 0.29) is 24.2 Å². The van der Waals surface area contributed by atoms with Crippen molar-refractivity contribution in [3.8, 4) is 16.9 Å². The Balaban J connectivity index is 1.48. The Kier molecular flexibility index (Phi) is 7.51. The molecule has 34 heavy (non-hydrogen) atoms. The van der Waals surface area contributed by atoms with Gasteiger partial charge in [0.15, 0.2) is 17.5 Å². The monoisotopic (exact) mass is 466 g/mol. The quantitative estimate of drug-likeness (QED) is 0.137. The first kappa shape index (κ1) is 23.8. The third-order valence-electron chi connectivity index (χ3n) is 5.96. The van der Waals surface area contributed by atoms with Crippen molar-refractivity contribution in [3.05, 3.63) is 101 Å². The van der Waals surface area contributed by atoms with E-state index in [0.717, 1.165) is 53.7 Å². The van der Waals surface area contributed by atoms with Crippen molar-refractivity contribution in [2.75, 3.05) is 6.61 Å². The van der Waals surface area contributed by atoms with E-state index in [0.29, 0.717) is 17.6 Å². The molecule has 0 aliphatic rings. The molecule has 0 saturated heterocycles. The summed E-state index contributed by atoms with van der Waals surface area (Å²) in [6.07, 6.45) is 3.78. The number of unbranched alkanes of at least 4 members (excludes halogenated alkanes) is 2. The Labute approximate surface area is 197 Å². The predicted molar refractivity (Wildman–Crippen MR) is 128 cm³/mol. The standard InChI is InChI=1S/C29H26F4O/c1-2-3-4-15-34-24-12-9-20(10-13-24)22-11-14-25-23(18-22)8-7-21(28(25)32)6-5-19-16-26(30)29(33)27(31)17-19/h7-14,16-18H,2-6,15H2,1H3. The number of hydrogen-bond donors (Lipinski definition) is 0. The minimum absolute atomic E-state index is 0.196. The van der Waals surface area contributed by atoms with Gasteiger partial charge in [0.05, 0.1) is 6.61 Å². The molecule has 0 heterocycles. The molecule has 0 aliphatic heterocycles. The molecule has 176 valence electrons. The van der Waals surface area contributed by atoms with Crippen LogP contribution in [0.4, 0.5) is 17.6 Å². The molecule has 0 aliphatic carbocycles. The van der Waals surface area contributed by atoms with Gasteiger partial charge in [-0.05, 0) is 77.2 Å². The molecule has 0 atom stereocenters. The largest absolute Gasteiger partial charge is 0.494 e. The van der Waals surface area contributed by atoms with E-state index in [4.69, 9.17) is 4.74 Å². The normalized spacial score (nSPS) is 11.2. The Morgan fingerprint density at radius 2 is 1.38 bits per heavy atom. The van der Waals surface area contributed by atoms with Crippen LogP contribution in [0.2, 0.25) is 0 Å². The first-order valence-electron chi connectivity index (χ1n) is 11.5. The van der Waals surface area contributed by atoms with Gasteiger partial charge in [-0.3, -0.25) is 0 Å². The summed E-state index contributed by atoms with van der Waals surface area (Å²) in [5.74, 6) is -3.50. The number of halogens is 4. The van der Waals surface area contributed by atoms with Gasteiger partial charge in [0.25, 0.3) is 0 Å². The van der Waals surface area contributed by atoms with Crippen molar-refractivity contribution < 1.29 is 22.3 Å². The predicted octanol–water partition coefficient (Wildman–Crippen LogP) is 8.42. The molecule has 4 aromatic carbocycles. The van der Waals surface area contributed by atoms with Crippen LogP contribution in [0, 0.1) is 23.3 Å². The molecular formula is C29H26F4O. The maximum Gasteiger partial charge on any atom is 0.194 e. The molecule has 0 bridgehead atoms. The van der Waals surface area contributed by atoms with E-state index in [2.05, 4.69) is 6.92 Å². The van der Waals surface area contributed by atoms with Gasteiger partial charge in [-0.15, -0.1) is 0 Å². The molecule has 0 spiro atoms. The van der Waals surface area contributed by atoms with E-state index >= 15 is 4.39 Å². The van der Waals surface area contributed by atoms with Crippen molar-refractivity contribution in [2.45, 2.75) is 39.0 Å².